The Morgan fingerprint density at radius 1 is 1.09 bits per heavy atom. The summed E-state index contributed by atoms with van der Waals surface area (Å²) in [6, 6.07) is 5.74. The Labute approximate surface area is 147 Å². The molecule has 1 heterocycles. The summed E-state index contributed by atoms with van der Waals surface area (Å²) in [6.45, 7) is 1.79. The molecule has 1 aliphatic carbocycles. The van der Waals surface area contributed by atoms with E-state index in [-0.39, 0.29) is 5.91 Å². The minimum Gasteiger partial charge on any atom is -0.339 e. The van der Waals surface area contributed by atoms with Crippen molar-refractivity contribution in [2.45, 2.75) is 38.5 Å². The zero-order chi connectivity index (χ0) is 16.2. The molecule has 1 aliphatic heterocycles. The highest BCUT2D eigenvalue weighted by Gasteiger charge is 2.20. The molecule has 1 amide bonds. The van der Waals surface area contributed by atoms with E-state index in [9.17, 15) is 4.79 Å². The van der Waals surface area contributed by atoms with Gasteiger partial charge in [-0.15, -0.1) is 0 Å². The van der Waals surface area contributed by atoms with Crippen molar-refractivity contribution in [2.24, 2.45) is 0 Å². The Bertz CT molecular complexity index is 657. The molecule has 0 unspecified atom stereocenters. The second-order valence-corrected chi connectivity index (χ2v) is 7.09. The number of benzene rings is 1. The third kappa shape index (κ3) is 4.19. The Balaban J connectivity index is 1.70. The van der Waals surface area contributed by atoms with Crippen LogP contribution in [-0.4, -0.2) is 23.9 Å². The molecule has 0 bridgehead atoms. The second-order valence-electron chi connectivity index (χ2n) is 6.28. The van der Waals surface area contributed by atoms with Crippen LogP contribution in [0, 0.1) is 0 Å². The molecule has 4 heteroatoms. The molecule has 3 rings (SSSR count). The molecular formula is C19H21Cl2NO. The third-order valence-corrected chi connectivity index (χ3v) is 5.23. The number of halogens is 2. The molecule has 0 aromatic heterocycles. The molecule has 23 heavy (non-hydrogen) atoms. The lowest BCUT2D eigenvalue weighted by Gasteiger charge is -2.28. The molecule has 1 saturated heterocycles. The van der Waals surface area contributed by atoms with Gasteiger partial charge in [0.1, 0.15) is 0 Å². The molecule has 1 aromatic carbocycles. The monoisotopic (exact) mass is 349 g/mol. The van der Waals surface area contributed by atoms with Crippen molar-refractivity contribution in [1.29, 1.82) is 0 Å². The highest BCUT2D eigenvalue weighted by atomic mass is 35.5. The van der Waals surface area contributed by atoms with Crippen LogP contribution in [0.3, 0.4) is 0 Å². The van der Waals surface area contributed by atoms with E-state index in [1.54, 1.807) is 0 Å². The van der Waals surface area contributed by atoms with Crippen LogP contribution in [-0.2, 0) is 11.2 Å². The van der Waals surface area contributed by atoms with Gasteiger partial charge in [-0.2, -0.15) is 0 Å². The number of nitrogens with zero attached hydrogens (tertiary/aromatic N) is 1. The van der Waals surface area contributed by atoms with Crippen molar-refractivity contribution in [2.75, 3.05) is 13.1 Å². The van der Waals surface area contributed by atoms with Crippen molar-refractivity contribution < 1.29 is 4.79 Å². The molecule has 0 radical (unpaired) electrons. The zero-order valence-corrected chi connectivity index (χ0v) is 14.7. The first-order chi connectivity index (χ1) is 11.1. The Morgan fingerprint density at radius 3 is 2.61 bits per heavy atom. The van der Waals surface area contributed by atoms with Gasteiger partial charge in [0.05, 0.1) is 10.0 Å². The lowest BCUT2D eigenvalue weighted by atomic mass is 9.93. The van der Waals surface area contributed by atoms with Crippen LogP contribution in [0.2, 0.25) is 10.0 Å². The lowest BCUT2D eigenvalue weighted by molar-refractivity contribution is -0.127. The number of carbonyl (C=O) groups excluding carboxylic acids is 1. The normalized spacial score (nSPS) is 18.4. The average Bonchev–Trinajstić information content (AvgIpc) is 2.58. The van der Waals surface area contributed by atoms with Crippen LogP contribution >= 0.6 is 23.2 Å². The second kappa shape index (κ2) is 7.55. The average molecular weight is 350 g/mol. The summed E-state index contributed by atoms with van der Waals surface area (Å²) in [6.07, 6.45) is 10.4. The number of carbonyl (C=O) groups is 1. The molecule has 2 nitrogen and oxygen atoms in total. The van der Waals surface area contributed by atoms with Crippen molar-refractivity contribution in [3.05, 3.63) is 57.1 Å². The van der Waals surface area contributed by atoms with E-state index in [2.05, 4.69) is 12.2 Å². The molecule has 1 fully saturated rings. The Kier molecular flexibility index (Phi) is 5.45. The number of hydrogen-bond donors (Lipinski definition) is 0. The van der Waals surface area contributed by atoms with Crippen LogP contribution < -0.4 is 0 Å². The fourth-order valence-electron chi connectivity index (χ4n) is 3.24. The predicted octanol–water partition coefficient (Wildman–Crippen LogP) is 5.20. The highest BCUT2D eigenvalue weighted by molar-refractivity contribution is 6.42. The molecule has 0 spiro atoms. The lowest BCUT2D eigenvalue weighted by Crippen LogP contribution is -2.36. The number of amides is 1. The van der Waals surface area contributed by atoms with Gasteiger partial charge in [0.15, 0.2) is 0 Å². The fraction of sp³-hybridized carbons (Fsp3) is 0.421. The summed E-state index contributed by atoms with van der Waals surface area (Å²) in [5, 5.41) is 1.16. The molecule has 1 aromatic rings. The van der Waals surface area contributed by atoms with Crippen molar-refractivity contribution in [3.63, 3.8) is 0 Å². The number of allylic oxidation sites excluding steroid dienone is 2. The maximum Gasteiger partial charge on any atom is 0.253 e. The van der Waals surface area contributed by atoms with E-state index in [0.29, 0.717) is 10.0 Å². The summed E-state index contributed by atoms with van der Waals surface area (Å²) < 4.78 is 0. The topological polar surface area (TPSA) is 20.3 Å². The summed E-state index contributed by atoms with van der Waals surface area (Å²) in [4.78, 5) is 14.6. The minimum atomic E-state index is 0.191. The quantitative estimate of drug-likeness (QED) is 0.734. The molecule has 122 valence electrons. The number of hydrogen-bond acceptors (Lipinski definition) is 1. The Morgan fingerprint density at radius 2 is 1.87 bits per heavy atom. The first kappa shape index (κ1) is 16.6. The molecule has 2 aliphatic rings. The van der Waals surface area contributed by atoms with E-state index < -0.39 is 0 Å². The number of rotatable bonds is 3. The molecular weight excluding hydrogens is 329 g/mol. The van der Waals surface area contributed by atoms with Crippen LogP contribution in [0.1, 0.15) is 37.7 Å². The van der Waals surface area contributed by atoms with Gasteiger partial charge < -0.3 is 4.90 Å². The van der Waals surface area contributed by atoms with Crippen LogP contribution in [0.15, 0.2) is 41.5 Å². The van der Waals surface area contributed by atoms with Gasteiger partial charge in [0.25, 0.3) is 5.91 Å². The van der Waals surface area contributed by atoms with E-state index in [4.69, 9.17) is 23.2 Å². The number of piperidine rings is 1. The van der Waals surface area contributed by atoms with E-state index in [1.807, 2.05) is 23.1 Å². The SMILES string of the molecule is O=C(C1=CCCC(Cc2ccc(Cl)c(Cl)c2)=C1)N1CCCCC1. The smallest absolute Gasteiger partial charge is 0.253 e. The van der Waals surface area contributed by atoms with E-state index in [0.717, 1.165) is 56.3 Å². The first-order valence-corrected chi connectivity index (χ1v) is 9.02. The van der Waals surface area contributed by atoms with Crippen molar-refractivity contribution in [1.82, 2.24) is 4.90 Å². The Hall–Kier alpha value is -1.25. The van der Waals surface area contributed by atoms with Crippen LogP contribution in [0.4, 0.5) is 0 Å². The van der Waals surface area contributed by atoms with Gasteiger partial charge in [-0.1, -0.05) is 47.0 Å². The standard InChI is InChI=1S/C19H21Cl2NO/c20-17-8-7-15(13-18(17)21)11-14-5-4-6-16(12-14)19(23)22-9-2-1-3-10-22/h6-8,12-13H,1-5,9-11H2. The van der Waals surface area contributed by atoms with Crippen LogP contribution in [0.25, 0.3) is 0 Å². The minimum absolute atomic E-state index is 0.191. The van der Waals surface area contributed by atoms with Gasteiger partial charge in [-0.05, 0) is 56.2 Å². The van der Waals surface area contributed by atoms with Crippen molar-refractivity contribution in [3.8, 4) is 0 Å². The molecule has 0 atom stereocenters. The van der Waals surface area contributed by atoms with E-state index >= 15 is 0 Å². The first-order valence-electron chi connectivity index (χ1n) is 8.26. The summed E-state index contributed by atoms with van der Waals surface area (Å²) in [5.74, 6) is 0.191. The molecule has 0 saturated carbocycles. The maximum absolute atomic E-state index is 12.6. The van der Waals surface area contributed by atoms with Gasteiger partial charge in [-0.3, -0.25) is 4.79 Å². The van der Waals surface area contributed by atoms with Gasteiger partial charge >= 0.3 is 0 Å². The van der Waals surface area contributed by atoms with Gasteiger partial charge in [0, 0.05) is 18.7 Å². The van der Waals surface area contributed by atoms with Gasteiger partial charge in [-0.25, -0.2) is 0 Å². The summed E-state index contributed by atoms with van der Waals surface area (Å²) >= 11 is 12.1. The van der Waals surface area contributed by atoms with Gasteiger partial charge in [0.2, 0.25) is 0 Å². The summed E-state index contributed by atoms with van der Waals surface area (Å²) in [7, 11) is 0. The van der Waals surface area contributed by atoms with Crippen molar-refractivity contribution >= 4 is 29.1 Å². The maximum atomic E-state index is 12.6. The fourth-order valence-corrected chi connectivity index (χ4v) is 3.56. The van der Waals surface area contributed by atoms with E-state index in [1.165, 1.54) is 12.0 Å². The third-order valence-electron chi connectivity index (χ3n) is 4.49. The highest BCUT2D eigenvalue weighted by Crippen LogP contribution is 2.27. The number of likely N-dealkylation sites (tertiary alicyclic amines) is 1. The molecule has 0 N–H and O–H groups in total. The predicted molar refractivity (Wildman–Crippen MR) is 96.0 cm³/mol. The summed E-state index contributed by atoms with van der Waals surface area (Å²) in [5.41, 5.74) is 3.27. The van der Waals surface area contributed by atoms with Crippen LogP contribution in [0.5, 0.6) is 0 Å². The zero-order valence-electron chi connectivity index (χ0n) is 13.2. The largest absolute Gasteiger partial charge is 0.339 e.